The van der Waals surface area contributed by atoms with Crippen LogP contribution in [-0.2, 0) is 6.42 Å². The molecule has 2 heteroatoms. The highest BCUT2D eigenvalue weighted by Gasteiger charge is 2.36. The second-order valence-electron chi connectivity index (χ2n) is 5.11. The van der Waals surface area contributed by atoms with E-state index < -0.39 is 0 Å². The van der Waals surface area contributed by atoms with Crippen LogP contribution in [0.4, 0.5) is 0 Å². The van der Waals surface area contributed by atoms with Gasteiger partial charge in [0.2, 0.25) is 0 Å². The van der Waals surface area contributed by atoms with Gasteiger partial charge in [-0.15, -0.1) is 0 Å². The van der Waals surface area contributed by atoms with Crippen LogP contribution >= 0.6 is 0 Å². The average Bonchev–Trinajstić information content (AvgIpc) is 2.31. The first-order valence-corrected chi connectivity index (χ1v) is 6.28. The van der Waals surface area contributed by atoms with Gasteiger partial charge in [-0.25, -0.2) is 0 Å². The Kier molecular flexibility index (Phi) is 3.62. The lowest BCUT2D eigenvalue weighted by Gasteiger charge is -2.40. The molecule has 16 heavy (non-hydrogen) atoms. The minimum atomic E-state index is -0.187. The van der Waals surface area contributed by atoms with E-state index in [1.54, 1.807) is 0 Å². The van der Waals surface area contributed by atoms with Crippen molar-refractivity contribution in [2.24, 2.45) is 16.9 Å². The van der Waals surface area contributed by atoms with Gasteiger partial charge in [-0.05, 0) is 24.8 Å². The maximum absolute atomic E-state index is 6.03. The van der Waals surface area contributed by atoms with Crippen molar-refractivity contribution in [3.8, 4) is 0 Å². The van der Waals surface area contributed by atoms with Gasteiger partial charge in [0.15, 0.2) is 0 Å². The van der Waals surface area contributed by atoms with Gasteiger partial charge in [0, 0.05) is 5.41 Å². The lowest BCUT2D eigenvalue weighted by atomic mass is 9.68. The van der Waals surface area contributed by atoms with E-state index in [2.05, 4.69) is 30.3 Å². The fourth-order valence-corrected chi connectivity index (χ4v) is 2.89. The molecule has 0 atom stereocenters. The van der Waals surface area contributed by atoms with Crippen LogP contribution in [0, 0.1) is 5.41 Å². The molecule has 0 unspecified atom stereocenters. The van der Waals surface area contributed by atoms with Gasteiger partial charge in [0.05, 0.1) is 6.17 Å². The van der Waals surface area contributed by atoms with Crippen LogP contribution in [0.1, 0.15) is 37.7 Å². The number of hydrogen-bond donors (Lipinski definition) is 2. The number of benzene rings is 1. The summed E-state index contributed by atoms with van der Waals surface area (Å²) in [6.07, 6.45) is 7.09. The monoisotopic (exact) mass is 218 g/mol. The van der Waals surface area contributed by atoms with Crippen molar-refractivity contribution < 1.29 is 0 Å². The Morgan fingerprint density at radius 1 is 1.00 bits per heavy atom. The van der Waals surface area contributed by atoms with E-state index in [0.717, 1.165) is 6.42 Å². The first-order valence-electron chi connectivity index (χ1n) is 6.28. The summed E-state index contributed by atoms with van der Waals surface area (Å²) in [5.41, 5.74) is 13.6. The molecular weight excluding hydrogens is 196 g/mol. The van der Waals surface area contributed by atoms with Crippen molar-refractivity contribution in [2.75, 3.05) is 0 Å². The molecule has 0 radical (unpaired) electrons. The van der Waals surface area contributed by atoms with E-state index in [-0.39, 0.29) is 11.6 Å². The molecule has 1 aromatic carbocycles. The summed E-state index contributed by atoms with van der Waals surface area (Å²) in [5.74, 6) is 0. The van der Waals surface area contributed by atoms with Crippen molar-refractivity contribution in [1.29, 1.82) is 0 Å². The standard InChI is InChI=1S/C14H22N2/c15-13(16)14(9-5-2-6-10-14)11-12-7-3-1-4-8-12/h1,3-4,7-8,13H,2,5-6,9-11,15-16H2. The third-order valence-electron chi connectivity index (χ3n) is 3.96. The quantitative estimate of drug-likeness (QED) is 0.766. The van der Waals surface area contributed by atoms with E-state index in [1.165, 1.54) is 37.7 Å². The summed E-state index contributed by atoms with van der Waals surface area (Å²) >= 11 is 0. The zero-order valence-corrected chi connectivity index (χ0v) is 9.86. The zero-order valence-electron chi connectivity index (χ0n) is 9.86. The number of hydrogen-bond acceptors (Lipinski definition) is 2. The average molecular weight is 218 g/mol. The highest BCUT2D eigenvalue weighted by atomic mass is 14.9. The summed E-state index contributed by atoms with van der Waals surface area (Å²) < 4.78 is 0. The van der Waals surface area contributed by atoms with Crippen LogP contribution in [0.15, 0.2) is 30.3 Å². The normalized spacial score (nSPS) is 19.9. The molecule has 0 spiro atoms. The Labute approximate surface area is 98.0 Å². The van der Waals surface area contributed by atoms with Gasteiger partial charge >= 0.3 is 0 Å². The highest BCUT2D eigenvalue weighted by Crippen LogP contribution is 2.40. The molecule has 0 saturated heterocycles. The summed E-state index contributed by atoms with van der Waals surface area (Å²) in [4.78, 5) is 0. The molecule has 0 aliphatic heterocycles. The van der Waals surface area contributed by atoms with Crippen LogP contribution < -0.4 is 11.5 Å². The summed E-state index contributed by atoms with van der Waals surface area (Å²) in [6.45, 7) is 0. The summed E-state index contributed by atoms with van der Waals surface area (Å²) in [7, 11) is 0. The van der Waals surface area contributed by atoms with Gasteiger partial charge in [-0.1, -0.05) is 49.6 Å². The topological polar surface area (TPSA) is 52.0 Å². The van der Waals surface area contributed by atoms with Gasteiger partial charge in [-0.3, -0.25) is 0 Å². The van der Waals surface area contributed by atoms with Crippen molar-refractivity contribution in [2.45, 2.75) is 44.7 Å². The smallest absolute Gasteiger partial charge is 0.0582 e. The largest absolute Gasteiger partial charge is 0.316 e. The first-order chi connectivity index (χ1) is 7.73. The molecule has 0 amide bonds. The predicted molar refractivity (Wildman–Crippen MR) is 67.8 cm³/mol. The van der Waals surface area contributed by atoms with Crippen molar-refractivity contribution >= 4 is 0 Å². The second-order valence-corrected chi connectivity index (χ2v) is 5.11. The van der Waals surface area contributed by atoms with Gasteiger partial charge in [0.25, 0.3) is 0 Å². The third kappa shape index (κ3) is 2.45. The van der Waals surface area contributed by atoms with Crippen molar-refractivity contribution in [1.82, 2.24) is 0 Å². The lowest BCUT2D eigenvalue weighted by molar-refractivity contribution is 0.146. The Morgan fingerprint density at radius 2 is 1.62 bits per heavy atom. The van der Waals surface area contributed by atoms with Crippen LogP contribution in [0.3, 0.4) is 0 Å². The molecule has 1 fully saturated rings. The van der Waals surface area contributed by atoms with Gasteiger partial charge in [-0.2, -0.15) is 0 Å². The van der Waals surface area contributed by atoms with Crippen molar-refractivity contribution in [3.05, 3.63) is 35.9 Å². The van der Waals surface area contributed by atoms with E-state index >= 15 is 0 Å². The molecule has 1 aromatic rings. The molecule has 88 valence electrons. The maximum atomic E-state index is 6.03. The molecule has 2 rings (SSSR count). The zero-order chi connectivity index (χ0) is 11.4. The molecular formula is C14H22N2. The third-order valence-corrected chi connectivity index (χ3v) is 3.96. The number of rotatable bonds is 3. The Hall–Kier alpha value is -0.860. The van der Waals surface area contributed by atoms with E-state index in [9.17, 15) is 0 Å². The highest BCUT2D eigenvalue weighted by molar-refractivity contribution is 5.17. The molecule has 4 N–H and O–H groups in total. The van der Waals surface area contributed by atoms with Gasteiger partial charge in [0.1, 0.15) is 0 Å². The molecule has 2 nitrogen and oxygen atoms in total. The molecule has 1 saturated carbocycles. The van der Waals surface area contributed by atoms with Crippen LogP contribution in [0.2, 0.25) is 0 Å². The van der Waals surface area contributed by atoms with Crippen LogP contribution in [0.25, 0.3) is 0 Å². The molecule has 0 bridgehead atoms. The Bertz CT molecular complexity index is 313. The van der Waals surface area contributed by atoms with Crippen LogP contribution in [0.5, 0.6) is 0 Å². The first kappa shape index (κ1) is 11.6. The molecule has 0 aromatic heterocycles. The minimum absolute atomic E-state index is 0.138. The molecule has 0 heterocycles. The van der Waals surface area contributed by atoms with Crippen molar-refractivity contribution in [3.63, 3.8) is 0 Å². The Morgan fingerprint density at radius 3 is 2.19 bits per heavy atom. The predicted octanol–water partition coefficient (Wildman–Crippen LogP) is 2.42. The minimum Gasteiger partial charge on any atom is -0.316 e. The van der Waals surface area contributed by atoms with E-state index in [4.69, 9.17) is 11.5 Å². The fraction of sp³-hybridized carbons (Fsp3) is 0.571. The lowest BCUT2D eigenvalue weighted by Crippen LogP contribution is -2.50. The number of nitrogens with two attached hydrogens (primary N) is 2. The summed E-state index contributed by atoms with van der Waals surface area (Å²) in [5, 5.41) is 0. The van der Waals surface area contributed by atoms with Gasteiger partial charge < -0.3 is 11.5 Å². The van der Waals surface area contributed by atoms with E-state index in [1.807, 2.05) is 0 Å². The Balaban J connectivity index is 2.14. The maximum Gasteiger partial charge on any atom is 0.0582 e. The van der Waals surface area contributed by atoms with Crippen LogP contribution in [-0.4, -0.2) is 6.17 Å². The SMILES string of the molecule is NC(N)C1(Cc2ccccc2)CCCCC1. The second kappa shape index (κ2) is 4.98. The molecule has 1 aliphatic rings. The summed E-state index contributed by atoms with van der Waals surface area (Å²) in [6, 6.07) is 10.6. The van der Waals surface area contributed by atoms with E-state index in [0.29, 0.717) is 0 Å². The fourth-order valence-electron chi connectivity index (χ4n) is 2.89. The molecule has 1 aliphatic carbocycles.